The highest BCUT2D eigenvalue weighted by Gasteiger charge is 2.39. The summed E-state index contributed by atoms with van der Waals surface area (Å²) in [5, 5.41) is 27.8. The summed E-state index contributed by atoms with van der Waals surface area (Å²) >= 11 is 0. The zero-order valence-electron chi connectivity index (χ0n) is 16.4. The molecule has 4 atom stereocenters. The Hall–Kier alpha value is -1.80. The van der Waals surface area contributed by atoms with Crippen molar-refractivity contribution in [2.45, 2.75) is 64.9 Å². The number of carbonyl (C=O) groups excluding carboxylic acids is 2. The molecular weight excluding hydrogens is 350 g/mol. The molecule has 0 radical (unpaired) electrons. The Morgan fingerprint density at radius 2 is 1.78 bits per heavy atom. The molecular formula is C20H31NO6. The van der Waals surface area contributed by atoms with Gasteiger partial charge >= 0.3 is 0 Å². The first kappa shape index (κ1) is 23.2. The molecule has 3 N–H and O–H groups in total. The van der Waals surface area contributed by atoms with Crippen LogP contribution >= 0.6 is 0 Å². The smallest absolute Gasteiger partial charge is 0.275 e. The fourth-order valence-corrected chi connectivity index (χ4v) is 2.49. The summed E-state index contributed by atoms with van der Waals surface area (Å²) in [6, 6.07) is 0.0390. The number of hydroxylamine groups is 2. The van der Waals surface area contributed by atoms with Crippen molar-refractivity contribution in [3.8, 4) is 0 Å². The van der Waals surface area contributed by atoms with Gasteiger partial charge in [0.2, 0.25) is 0 Å². The third-order valence-electron chi connectivity index (χ3n) is 4.08. The van der Waals surface area contributed by atoms with Crippen LogP contribution in [0.2, 0.25) is 0 Å². The van der Waals surface area contributed by atoms with Crippen molar-refractivity contribution in [1.82, 2.24) is 5.06 Å². The van der Waals surface area contributed by atoms with Gasteiger partial charge in [0.15, 0.2) is 5.78 Å². The molecule has 0 spiro atoms. The Bertz CT molecular complexity index is 578. The van der Waals surface area contributed by atoms with E-state index in [-0.39, 0.29) is 18.1 Å². The lowest BCUT2D eigenvalue weighted by Gasteiger charge is -2.23. The number of hydrogen-bond donors (Lipinski definition) is 3. The number of rotatable bonds is 3. The minimum absolute atomic E-state index is 0.0390. The number of ketones is 1. The monoisotopic (exact) mass is 381 g/mol. The third kappa shape index (κ3) is 7.38. The highest BCUT2D eigenvalue weighted by Crippen LogP contribution is 2.29. The SMILES string of the molecule is C1=CCC=C1.CC(C)(C)[C@@H](O)C(=O)CO.C[C@@H](O)C(=O)N1O[C@@H]2C=C[C@H]1C2. The molecule has 0 aromatic carbocycles. The van der Waals surface area contributed by atoms with Crippen LogP contribution in [0.5, 0.6) is 0 Å². The van der Waals surface area contributed by atoms with Crippen LogP contribution in [0.15, 0.2) is 36.5 Å². The van der Waals surface area contributed by atoms with Crippen molar-refractivity contribution in [3.63, 3.8) is 0 Å². The van der Waals surface area contributed by atoms with Crippen molar-refractivity contribution >= 4 is 11.7 Å². The van der Waals surface area contributed by atoms with Gasteiger partial charge in [-0.2, -0.15) is 0 Å². The number of allylic oxidation sites excluding steroid dienone is 4. The number of nitrogens with zero attached hydrogens (tertiary/aromatic N) is 1. The Morgan fingerprint density at radius 1 is 1.19 bits per heavy atom. The lowest BCUT2D eigenvalue weighted by Crippen LogP contribution is -2.40. The molecule has 3 aliphatic rings. The van der Waals surface area contributed by atoms with Gasteiger partial charge in [-0.1, -0.05) is 57.2 Å². The topological polar surface area (TPSA) is 107 Å². The first-order valence-corrected chi connectivity index (χ1v) is 9.07. The van der Waals surface area contributed by atoms with E-state index in [0.29, 0.717) is 0 Å². The van der Waals surface area contributed by atoms with Crippen LogP contribution in [-0.4, -0.2) is 63.0 Å². The van der Waals surface area contributed by atoms with Gasteiger partial charge in [0.05, 0.1) is 6.04 Å². The van der Waals surface area contributed by atoms with Crippen LogP contribution < -0.4 is 0 Å². The lowest BCUT2D eigenvalue weighted by molar-refractivity contribution is -0.190. The van der Waals surface area contributed by atoms with Crippen LogP contribution in [0.1, 0.15) is 40.5 Å². The summed E-state index contributed by atoms with van der Waals surface area (Å²) in [5.74, 6) is -0.876. The Morgan fingerprint density at radius 3 is 2.04 bits per heavy atom. The van der Waals surface area contributed by atoms with E-state index in [1.807, 2.05) is 12.2 Å². The van der Waals surface area contributed by atoms with Crippen molar-refractivity contribution in [2.75, 3.05) is 6.61 Å². The molecule has 3 rings (SSSR count). The third-order valence-corrected chi connectivity index (χ3v) is 4.08. The molecule has 1 fully saturated rings. The summed E-state index contributed by atoms with van der Waals surface area (Å²) < 4.78 is 0. The molecule has 0 saturated carbocycles. The highest BCUT2D eigenvalue weighted by molar-refractivity contribution is 5.84. The molecule has 152 valence electrons. The number of aliphatic hydroxyl groups excluding tert-OH is 3. The standard InChI is InChI=1S/C8H11NO3.C7H14O3.C5H6/c1-5(10)8(11)9-6-2-3-7(4-6)12-9;1-7(2,3)6(10)5(9)4-8;1-2-4-5-3-1/h2-3,5-7,10H,4H2,1H3;6,8,10H,4H2,1-3H3;1-4H,5H2/t5-,6+,7-;6-;/m10./s1. The first-order chi connectivity index (χ1) is 12.6. The molecule has 27 heavy (non-hydrogen) atoms. The summed E-state index contributed by atoms with van der Waals surface area (Å²) in [6.45, 7) is 6.08. The number of Topliss-reactive ketones (excluding diaryl/α,β-unsaturated/α-hetero) is 1. The minimum Gasteiger partial charge on any atom is -0.388 e. The van der Waals surface area contributed by atoms with Crippen LogP contribution in [0.4, 0.5) is 0 Å². The van der Waals surface area contributed by atoms with Gasteiger partial charge in [-0.25, -0.2) is 5.06 Å². The Labute approximate surface area is 160 Å². The second-order valence-electron chi connectivity index (χ2n) is 7.66. The van der Waals surface area contributed by atoms with Crippen LogP contribution in [0, 0.1) is 5.41 Å². The predicted octanol–water partition coefficient (Wildman–Crippen LogP) is 1.30. The van der Waals surface area contributed by atoms with E-state index in [1.165, 1.54) is 12.0 Å². The molecule has 1 amide bonds. The van der Waals surface area contributed by atoms with Crippen molar-refractivity contribution in [1.29, 1.82) is 0 Å². The van der Waals surface area contributed by atoms with E-state index >= 15 is 0 Å². The van der Waals surface area contributed by atoms with Gasteiger partial charge in [0.1, 0.15) is 24.9 Å². The summed E-state index contributed by atoms with van der Waals surface area (Å²) in [7, 11) is 0. The number of aliphatic hydroxyl groups is 3. The maximum Gasteiger partial charge on any atom is 0.275 e. The number of fused-ring (bicyclic) bond motifs is 2. The average molecular weight is 381 g/mol. The molecule has 0 unspecified atom stereocenters. The van der Waals surface area contributed by atoms with Crippen molar-refractivity contribution in [3.05, 3.63) is 36.5 Å². The number of hydrogen-bond acceptors (Lipinski definition) is 6. The second-order valence-corrected chi connectivity index (χ2v) is 7.66. The van der Waals surface area contributed by atoms with Gasteiger partial charge in [0, 0.05) is 6.42 Å². The average Bonchev–Trinajstić information content (AvgIpc) is 3.38. The summed E-state index contributed by atoms with van der Waals surface area (Å²) in [5.41, 5.74) is -0.472. The largest absolute Gasteiger partial charge is 0.388 e. The van der Waals surface area contributed by atoms with Crippen LogP contribution in [-0.2, 0) is 14.4 Å². The van der Waals surface area contributed by atoms with Crippen LogP contribution in [0.25, 0.3) is 0 Å². The fraction of sp³-hybridized carbons (Fsp3) is 0.600. The maximum atomic E-state index is 11.3. The highest BCUT2D eigenvalue weighted by atomic mass is 16.7. The molecule has 7 nitrogen and oxygen atoms in total. The molecule has 0 aromatic heterocycles. The number of amides is 1. The molecule has 1 aliphatic heterocycles. The summed E-state index contributed by atoms with van der Waals surface area (Å²) in [4.78, 5) is 27.1. The molecule has 2 bridgehead atoms. The van der Waals surface area contributed by atoms with Gasteiger partial charge in [-0.15, -0.1) is 0 Å². The Kier molecular flexibility index (Phi) is 9.05. The van der Waals surface area contributed by atoms with Crippen LogP contribution in [0.3, 0.4) is 0 Å². The zero-order valence-corrected chi connectivity index (χ0v) is 16.4. The van der Waals surface area contributed by atoms with E-state index in [9.17, 15) is 9.59 Å². The maximum absolute atomic E-state index is 11.3. The molecule has 0 aromatic rings. The van der Waals surface area contributed by atoms with E-state index in [1.54, 1.807) is 20.8 Å². The second kappa shape index (κ2) is 10.5. The van der Waals surface area contributed by atoms with Crippen molar-refractivity contribution in [2.24, 2.45) is 5.41 Å². The molecule has 2 aliphatic carbocycles. The molecule has 1 heterocycles. The fourth-order valence-electron chi connectivity index (χ4n) is 2.49. The normalized spacial score (nSPS) is 24.0. The van der Waals surface area contributed by atoms with Gasteiger partial charge in [-0.05, 0) is 18.8 Å². The number of carbonyl (C=O) groups is 2. The Balaban J connectivity index is 0.000000219. The van der Waals surface area contributed by atoms with Gasteiger partial charge in [0.25, 0.3) is 5.91 Å². The van der Waals surface area contributed by atoms with Crippen molar-refractivity contribution < 1.29 is 29.7 Å². The van der Waals surface area contributed by atoms with E-state index in [0.717, 1.165) is 12.8 Å². The molecule has 7 heteroatoms. The van der Waals surface area contributed by atoms with E-state index in [4.69, 9.17) is 20.2 Å². The van der Waals surface area contributed by atoms with Gasteiger partial charge < -0.3 is 15.3 Å². The van der Waals surface area contributed by atoms with E-state index < -0.39 is 30.0 Å². The summed E-state index contributed by atoms with van der Waals surface area (Å²) in [6.07, 6.45) is 12.2. The van der Waals surface area contributed by atoms with Gasteiger partial charge in [-0.3, -0.25) is 14.4 Å². The first-order valence-electron chi connectivity index (χ1n) is 9.07. The minimum atomic E-state index is -1.06. The predicted molar refractivity (Wildman–Crippen MR) is 101 cm³/mol. The zero-order chi connectivity index (χ0) is 20.6. The van der Waals surface area contributed by atoms with E-state index in [2.05, 4.69) is 24.3 Å². The lowest BCUT2D eigenvalue weighted by atomic mass is 9.87. The quantitative estimate of drug-likeness (QED) is 0.636. The molecule has 1 saturated heterocycles.